The van der Waals surface area contributed by atoms with Gasteiger partial charge in [0.05, 0.1) is 0 Å². The third-order valence-electron chi connectivity index (χ3n) is 3.41. The van der Waals surface area contributed by atoms with Crippen molar-refractivity contribution < 1.29 is 17.9 Å². The summed E-state index contributed by atoms with van der Waals surface area (Å²) in [5.74, 6) is -0.179. The van der Waals surface area contributed by atoms with Crippen LogP contribution >= 0.6 is 0 Å². The second-order valence-corrected chi connectivity index (χ2v) is 4.90. The van der Waals surface area contributed by atoms with Crippen LogP contribution in [0.5, 0.6) is 5.75 Å². The maximum atomic E-state index is 12.1. The van der Waals surface area contributed by atoms with Crippen molar-refractivity contribution in [2.45, 2.75) is 32.2 Å². The number of halogens is 3. The van der Waals surface area contributed by atoms with Crippen LogP contribution in [0.2, 0.25) is 0 Å². The highest BCUT2D eigenvalue weighted by Gasteiger charge is 2.31. The highest BCUT2D eigenvalue weighted by molar-refractivity contribution is 5.49. The zero-order valence-corrected chi connectivity index (χ0v) is 11.4. The van der Waals surface area contributed by atoms with E-state index >= 15 is 0 Å². The van der Waals surface area contributed by atoms with E-state index in [2.05, 4.69) is 21.9 Å². The predicted octanol–water partition coefficient (Wildman–Crippen LogP) is 3.16. The number of nitrogens with one attached hydrogen (secondary N) is 1. The van der Waals surface area contributed by atoms with Crippen molar-refractivity contribution in [2.24, 2.45) is 0 Å². The minimum Gasteiger partial charge on any atom is -0.406 e. The Labute approximate surface area is 116 Å². The van der Waals surface area contributed by atoms with Crippen molar-refractivity contribution in [2.75, 3.05) is 24.5 Å². The van der Waals surface area contributed by atoms with Gasteiger partial charge in [0.25, 0.3) is 0 Å². The van der Waals surface area contributed by atoms with Crippen LogP contribution in [0.1, 0.15) is 19.8 Å². The summed E-state index contributed by atoms with van der Waals surface area (Å²) < 4.78 is 40.2. The van der Waals surface area contributed by atoms with E-state index in [0.717, 1.165) is 38.2 Å². The second kappa shape index (κ2) is 6.35. The number of hydrogen-bond acceptors (Lipinski definition) is 3. The highest BCUT2D eigenvalue weighted by atomic mass is 19.4. The topological polar surface area (TPSA) is 24.5 Å². The van der Waals surface area contributed by atoms with Crippen LogP contribution in [0.15, 0.2) is 24.3 Å². The van der Waals surface area contributed by atoms with E-state index in [0.29, 0.717) is 6.04 Å². The van der Waals surface area contributed by atoms with E-state index in [1.54, 1.807) is 12.1 Å². The fourth-order valence-corrected chi connectivity index (χ4v) is 2.36. The molecular weight excluding hydrogens is 269 g/mol. The molecule has 1 fully saturated rings. The van der Waals surface area contributed by atoms with Crippen LogP contribution in [0, 0.1) is 0 Å². The minimum atomic E-state index is -4.64. The maximum Gasteiger partial charge on any atom is 0.573 e. The Morgan fingerprint density at radius 1 is 1.30 bits per heavy atom. The predicted molar refractivity (Wildman–Crippen MR) is 72.0 cm³/mol. The van der Waals surface area contributed by atoms with E-state index < -0.39 is 6.36 Å². The van der Waals surface area contributed by atoms with E-state index in [4.69, 9.17) is 0 Å². The van der Waals surface area contributed by atoms with Crippen molar-refractivity contribution in [3.63, 3.8) is 0 Å². The summed E-state index contributed by atoms with van der Waals surface area (Å²) in [4.78, 5) is 2.20. The molecule has 1 aliphatic rings. The third-order valence-corrected chi connectivity index (χ3v) is 3.41. The number of nitrogens with zero attached hydrogens (tertiary/aromatic N) is 1. The van der Waals surface area contributed by atoms with Gasteiger partial charge in [0.15, 0.2) is 0 Å². The molecular formula is C14H19F3N2O. The van der Waals surface area contributed by atoms with Crippen molar-refractivity contribution in [1.29, 1.82) is 0 Å². The fourth-order valence-electron chi connectivity index (χ4n) is 2.36. The molecule has 1 aliphatic heterocycles. The lowest BCUT2D eigenvalue weighted by atomic mass is 10.2. The molecule has 6 heteroatoms. The normalized spacial score (nSPS) is 20.6. The van der Waals surface area contributed by atoms with E-state index in [9.17, 15) is 13.2 Å². The van der Waals surface area contributed by atoms with Gasteiger partial charge in [0.2, 0.25) is 0 Å². The SMILES string of the molecule is CCC1CN(c2ccc(OC(F)(F)F)cc2)CCCN1. The van der Waals surface area contributed by atoms with Gasteiger partial charge in [0, 0.05) is 24.8 Å². The van der Waals surface area contributed by atoms with Gasteiger partial charge < -0.3 is 15.0 Å². The first-order valence-electron chi connectivity index (χ1n) is 6.82. The van der Waals surface area contributed by atoms with Gasteiger partial charge in [0.1, 0.15) is 5.75 Å². The Balaban J connectivity index is 2.04. The Morgan fingerprint density at radius 2 is 2.00 bits per heavy atom. The van der Waals surface area contributed by atoms with Gasteiger partial charge >= 0.3 is 6.36 Å². The van der Waals surface area contributed by atoms with Crippen molar-refractivity contribution >= 4 is 5.69 Å². The zero-order valence-electron chi connectivity index (χ0n) is 11.4. The summed E-state index contributed by atoms with van der Waals surface area (Å²) in [7, 11) is 0. The molecule has 1 aromatic carbocycles. The lowest BCUT2D eigenvalue weighted by Crippen LogP contribution is -2.37. The molecule has 0 bridgehead atoms. The van der Waals surface area contributed by atoms with Crippen LogP contribution in [-0.2, 0) is 0 Å². The number of ether oxygens (including phenoxy) is 1. The average Bonchev–Trinajstić information content (AvgIpc) is 2.63. The van der Waals surface area contributed by atoms with Crippen molar-refractivity contribution in [3.05, 3.63) is 24.3 Å². The minimum absolute atomic E-state index is 0.179. The fraction of sp³-hybridized carbons (Fsp3) is 0.571. The Bertz CT molecular complexity index is 419. The quantitative estimate of drug-likeness (QED) is 0.924. The first kappa shape index (κ1) is 15.0. The van der Waals surface area contributed by atoms with Gasteiger partial charge in [-0.1, -0.05) is 6.92 Å². The first-order valence-corrected chi connectivity index (χ1v) is 6.82. The number of benzene rings is 1. The first-order chi connectivity index (χ1) is 9.48. The number of anilines is 1. The lowest BCUT2D eigenvalue weighted by molar-refractivity contribution is -0.274. The molecule has 2 rings (SSSR count). The number of rotatable bonds is 3. The molecule has 1 aromatic rings. The van der Waals surface area contributed by atoms with Gasteiger partial charge in [-0.15, -0.1) is 13.2 Å². The Hall–Kier alpha value is -1.43. The molecule has 112 valence electrons. The summed E-state index contributed by atoms with van der Waals surface area (Å²) in [5.41, 5.74) is 0.932. The van der Waals surface area contributed by atoms with E-state index in [1.165, 1.54) is 12.1 Å². The Morgan fingerprint density at radius 3 is 2.60 bits per heavy atom. The maximum absolute atomic E-state index is 12.1. The summed E-state index contributed by atoms with van der Waals surface area (Å²) in [6.07, 6.45) is -2.58. The summed E-state index contributed by atoms with van der Waals surface area (Å²) in [6, 6.07) is 6.51. The van der Waals surface area contributed by atoms with Crippen LogP contribution in [-0.4, -0.2) is 32.0 Å². The number of hydrogen-bond donors (Lipinski definition) is 1. The van der Waals surface area contributed by atoms with Gasteiger partial charge in [-0.3, -0.25) is 0 Å². The third kappa shape index (κ3) is 4.30. The summed E-state index contributed by atoms with van der Waals surface area (Å²) in [5, 5.41) is 3.46. The summed E-state index contributed by atoms with van der Waals surface area (Å²) in [6.45, 7) is 4.88. The molecule has 0 saturated carbocycles. The average molecular weight is 288 g/mol. The monoisotopic (exact) mass is 288 g/mol. The Kier molecular flexibility index (Phi) is 4.75. The molecule has 3 nitrogen and oxygen atoms in total. The molecule has 1 saturated heterocycles. The van der Waals surface area contributed by atoms with Crippen molar-refractivity contribution in [3.8, 4) is 5.75 Å². The molecule has 1 atom stereocenters. The molecule has 0 radical (unpaired) electrons. The molecule has 0 amide bonds. The van der Waals surface area contributed by atoms with Crippen LogP contribution in [0.3, 0.4) is 0 Å². The molecule has 1 N–H and O–H groups in total. The molecule has 0 spiro atoms. The largest absolute Gasteiger partial charge is 0.573 e. The highest BCUT2D eigenvalue weighted by Crippen LogP contribution is 2.26. The van der Waals surface area contributed by atoms with Crippen LogP contribution < -0.4 is 15.0 Å². The molecule has 0 aromatic heterocycles. The zero-order chi connectivity index (χ0) is 14.6. The van der Waals surface area contributed by atoms with Crippen LogP contribution in [0.4, 0.5) is 18.9 Å². The number of alkyl halides is 3. The second-order valence-electron chi connectivity index (χ2n) is 4.90. The van der Waals surface area contributed by atoms with Gasteiger partial charge in [-0.25, -0.2) is 0 Å². The van der Waals surface area contributed by atoms with Crippen LogP contribution in [0.25, 0.3) is 0 Å². The molecule has 20 heavy (non-hydrogen) atoms. The van der Waals surface area contributed by atoms with E-state index in [1.807, 2.05) is 0 Å². The summed E-state index contributed by atoms with van der Waals surface area (Å²) >= 11 is 0. The van der Waals surface area contributed by atoms with Crippen molar-refractivity contribution in [1.82, 2.24) is 5.32 Å². The van der Waals surface area contributed by atoms with E-state index in [-0.39, 0.29) is 5.75 Å². The molecule has 1 heterocycles. The standard InChI is InChI=1S/C14H19F3N2O/c1-2-11-10-19(9-3-8-18-11)12-4-6-13(7-5-12)20-14(15,16)17/h4-7,11,18H,2-3,8-10H2,1H3. The lowest BCUT2D eigenvalue weighted by Gasteiger charge is -2.26. The van der Waals surface area contributed by atoms with Gasteiger partial charge in [-0.2, -0.15) is 0 Å². The van der Waals surface area contributed by atoms with Gasteiger partial charge in [-0.05, 0) is 43.7 Å². The molecule has 0 aliphatic carbocycles. The smallest absolute Gasteiger partial charge is 0.406 e. The molecule has 1 unspecified atom stereocenters.